The first kappa shape index (κ1) is 13.0. The summed E-state index contributed by atoms with van der Waals surface area (Å²) in [5.41, 5.74) is 6.66. The van der Waals surface area contributed by atoms with E-state index in [2.05, 4.69) is 0 Å². The first-order valence-corrected chi connectivity index (χ1v) is 5.13. The Morgan fingerprint density at radius 1 is 1.53 bits per heavy atom. The van der Waals surface area contributed by atoms with Crippen LogP contribution in [0.1, 0.15) is 17.5 Å². The first-order valence-electron chi connectivity index (χ1n) is 5.13. The van der Waals surface area contributed by atoms with Crippen molar-refractivity contribution in [1.29, 1.82) is 5.41 Å². The molecule has 0 amide bonds. The molecule has 0 saturated heterocycles. The number of hydrogen-bond donors (Lipinski definition) is 2. The van der Waals surface area contributed by atoms with Crippen molar-refractivity contribution in [2.45, 2.75) is 20.3 Å². The van der Waals surface area contributed by atoms with Crippen LogP contribution in [0.3, 0.4) is 0 Å². The van der Waals surface area contributed by atoms with E-state index in [1.54, 1.807) is 13.8 Å². The molecular formula is C11H15N3O3. The summed E-state index contributed by atoms with van der Waals surface area (Å²) in [7, 11) is 0. The second-order valence-electron chi connectivity index (χ2n) is 3.81. The van der Waals surface area contributed by atoms with Crippen molar-refractivity contribution in [2.75, 3.05) is 6.61 Å². The summed E-state index contributed by atoms with van der Waals surface area (Å²) < 4.78 is 5.33. The van der Waals surface area contributed by atoms with E-state index >= 15 is 0 Å². The Morgan fingerprint density at radius 2 is 2.18 bits per heavy atom. The predicted molar refractivity (Wildman–Crippen MR) is 64.6 cm³/mol. The third-order valence-electron chi connectivity index (χ3n) is 2.21. The number of aryl methyl sites for hydroxylation is 2. The summed E-state index contributed by atoms with van der Waals surface area (Å²) in [6, 6.07) is 3.28. The lowest BCUT2D eigenvalue weighted by molar-refractivity contribution is -0.386. The van der Waals surface area contributed by atoms with Crippen LogP contribution in [-0.2, 0) is 0 Å². The minimum atomic E-state index is -0.469. The molecule has 0 saturated carbocycles. The average Bonchev–Trinajstić information content (AvgIpc) is 2.19. The fourth-order valence-electron chi connectivity index (χ4n) is 1.52. The normalized spacial score (nSPS) is 10.0. The van der Waals surface area contributed by atoms with Gasteiger partial charge >= 0.3 is 5.69 Å². The Morgan fingerprint density at radius 3 is 2.71 bits per heavy atom. The van der Waals surface area contributed by atoms with E-state index in [0.29, 0.717) is 5.56 Å². The van der Waals surface area contributed by atoms with E-state index < -0.39 is 4.92 Å². The van der Waals surface area contributed by atoms with Crippen molar-refractivity contribution >= 4 is 11.5 Å². The van der Waals surface area contributed by atoms with E-state index in [9.17, 15) is 10.1 Å². The minimum Gasteiger partial charge on any atom is -0.486 e. The molecule has 17 heavy (non-hydrogen) atoms. The van der Waals surface area contributed by atoms with Gasteiger partial charge in [0, 0.05) is 12.5 Å². The molecule has 92 valence electrons. The topological polar surface area (TPSA) is 102 Å². The van der Waals surface area contributed by atoms with Crippen LogP contribution in [0.5, 0.6) is 5.75 Å². The molecule has 1 aromatic rings. The van der Waals surface area contributed by atoms with Gasteiger partial charge < -0.3 is 10.5 Å². The molecule has 0 aliphatic rings. The molecule has 0 unspecified atom stereocenters. The molecule has 3 N–H and O–H groups in total. The molecule has 1 rings (SSSR count). The van der Waals surface area contributed by atoms with Crippen LogP contribution in [-0.4, -0.2) is 17.4 Å². The summed E-state index contributed by atoms with van der Waals surface area (Å²) in [5.74, 6) is 0.249. The zero-order valence-corrected chi connectivity index (χ0v) is 9.82. The highest BCUT2D eigenvalue weighted by Crippen LogP contribution is 2.31. The quantitative estimate of drug-likeness (QED) is 0.353. The van der Waals surface area contributed by atoms with Gasteiger partial charge in [0.1, 0.15) is 0 Å². The Labute approximate surface area is 99.0 Å². The number of benzene rings is 1. The number of nitrogens with two attached hydrogens (primary N) is 1. The SMILES string of the molecule is Cc1cc(C)c(OCCC(=N)N)c([N+](=O)[O-])c1. The molecule has 0 bridgehead atoms. The van der Waals surface area contributed by atoms with E-state index in [-0.39, 0.29) is 30.3 Å². The van der Waals surface area contributed by atoms with Gasteiger partial charge in [-0.1, -0.05) is 6.07 Å². The highest BCUT2D eigenvalue weighted by Gasteiger charge is 2.18. The number of rotatable bonds is 5. The van der Waals surface area contributed by atoms with Gasteiger partial charge in [-0.2, -0.15) is 0 Å². The van der Waals surface area contributed by atoms with E-state index in [1.165, 1.54) is 6.07 Å². The number of ether oxygens (including phenoxy) is 1. The fraction of sp³-hybridized carbons (Fsp3) is 0.364. The summed E-state index contributed by atoms with van der Waals surface area (Å²) in [5, 5.41) is 17.9. The highest BCUT2D eigenvalue weighted by atomic mass is 16.6. The lowest BCUT2D eigenvalue weighted by atomic mass is 10.1. The molecule has 0 radical (unpaired) electrons. The summed E-state index contributed by atoms with van der Waals surface area (Å²) in [6.45, 7) is 3.71. The van der Waals surface area contributed by atoms with E-state index in [4.69, 9.17) is 15.9 Å². The molecule has 1 aromatic carbocycles. The van der Waals surface area contributed by atoms with E-state index in [0.717, 1.165) is 5.56 Å². The van der Waals surface area contributed by atoms with Crippen molar-refractivity contribution in [3.63, 3.8) is 0 Å². The number of nitrogens with one attached hydrogen (secondary N) is 1. The maximum absolute atomic E-state index is 10.9. The summed E-state index contributed by atoms with van der Waals surface area (Å²) in [4.78, 5) is 10.4. The van der Waals surface area contributed by atoms with Gasteiger partial charge in [0.2, 0.25) is 0 Å². The number of nitro benzene ring substituents is 1. The van der Waals surface area contributed by atoms with Crippen molar-refractivity contribution in [3.05, 3.63) is 33.4 Å². The third kappa shape index (κ3) is 3.44. The molecule has 6 heteroatoms. The third-order valence-corrected chi connectivity index (χ3v) is 2.21. The molecule has 0 atom stereocenters. The predicted octanol–water partition coefficient (Wildman–Crippen LogP) is 1.92. The van der Waals surface area contributed by atoms with Crippen LogP contribution in [0.25, 0.3) is 0 Å². The van der Waals surface area contributed by atoms with Crippen LogP contribution in [0.15, 0.2) is 12.1 Å². The van der Waals surface area contributed by atoms with Crippen LogP contribution in [0.2, 0.25) is 0 Å². The zero-order valence-electron chi connectivity index (χ0n) is 9.82. The number of hydrogen-bond acceptors (Lipinski definition) is 4. The molecule has 0 aromatic heterocycles. The number of nitro groups is 1. The van der Waals surface area contributed by atoms with Gasteiger partial charge in [0.25, 0.3) is 0 Å². The van der Waals surface area contributed by atoms with Crippen LogP contribution in [0.4, 0.5) is 5.69 Å². The highest BCUT2D eigenvalue weighted by molar-refractivity contribution is 5.76. The molecular weight excluding hydrogens is 222 g/mol. The van der Waals surface area contributed by atoms with Crippen LogP contribution in [0, 0.1) is 29.4 Å². The summed E-state index contributed by atoms with van der Waals surface area (Å²) in [6.07, 6.45) is 0.254. The smallest absolute Gasteiger partial charge is 0.311 e. The van der Waals surface area contributed by atoms with Gasteiger partial charge in [0.15, 0.2) is 5.75 Å². The molecule has 6 nitrogen and oxygen atoms in total. The van der Waals surface area contributed by atoms with Crippen molar-refractivity contribution in [3.8, 4) is 5.75 Å². The number of nitrogens with zero attached hydrogens (tertiary/aromatic N) is 1. The lowest BCUT2D eigenvalue weighted by Gasteiger charge is -2.09. The summed E-state index contributed by atoms with van der Waals surface area (Å²) >= 11 is 0. The Kier molecular flexibility index (Phi) is 4.03. The maximum atomic E-state index is 10.9. The Balaban J connectivity index is 2.96. The molecule has 0 aliphatic heterocycles. The Hall–Kier alpha value is -2.11. The van der Waals surface area contributed by atoms with Gasteiger partial charge in [-0.3, -0.25) is 15.5 Å². The van der Waals surface area contributed by atoms with Crippen molar-refractivity contribution in [2.24, 2.45) is 5.73 Å². The fourth-order valence-corrected chi connectivity index (χ4v) is 1.52. The molecule has 0 heterocycles. The van der Waals surface area contributed by atoms with Gasteiger partial charge in [-0.25, -0.2) is 0 Å². The molecule has 0 fully saturated rings. The van der Waals surface area contributed by atoms with Crippen LogP contribution >= 0.6 is 0 Å². The number of amidine groups is 1. The zero-order chi connectivity index (χ0) is 13.0. The monoisotopic (exact) mass is 237 g/mol. The second kappa shape index (κ2) is 5.29. The van der Waals surface area contributed by atoms with Crippen molar-refractivity contribution < 1.29 is 9.66 Å². The second-order valence-corrected chi connectivity index (χ2v) is 3.81. The average molecular weight is 237 g/mol. The lowest BCUT2D eigenvalue weighted by Crippen LogP contribution is -2.14. The van der Waals surface area contributed by atoms with E-state index in [1.807, 2.05) is 6.07 Å². The van der Waals surface area contributed by atoms with Gasteiger partial charge in [-0.15, -0.1) is 0 Å². The van der Waals surface area contributed by atoms with Gasteiger partial charge in [0.05, 0.1) is 17.4 Å². The molecule has 0 aliphatic carbocycles. The van der Waals surface area contributed by atoms with Gasteiger partial charge in [-0.05, 0) is 25.0 Å². The standard InChI is InChI=1S/C11H15N3O3/c1-7-5-8(2)11(9(6-7)14(15)16)17-4-3-10(12)13/h5-6H,3-4H2,1-2H3,(H3,12,13). The first-order chi connectivity index (χ1) is 7.91. The molecule has 0 spiro atoms. The minimum absolute atomic E-state index is 0.00239. The van der Waals surface area contributed by atoms with Crippen molar-refractivity contribution in [1.82, 2.24) is 0 Å². The largest absolute Gasteiger partial charge is 0.486 e. The Bertz CT molecular complexity index is 458. The maximum Gasteiger partial charge on any atom is 0.311 e. The van der Waals surface area contributed by atoms with Crippen LogP contribution < -0.4 is 10.5 Å².